The number of ether oxygens (including phenoxy) is 3. The number of benzene rings is 3. The van der Waals surface area contributed by atoms with E-state index in [9.17, 15) is 4.79 Å². The van der Waals surface area contributed by atoms with E-state index in [1.165, 1.54) is 11.8 Å². The standard InChI is InChI=1S/C28H29N5O4S/c1-4-33-27(22-13-14-24(35-2)25(16-22)36-3)31-32-28(33)38-19-26(34)30-29-17-21-11-8-12-23(15-21)37-18-20-9-6-5-7-10-20/h5-17H,4,18-19H2,1-3H3,(H,30,34)/b29-17+. The number of hydrogen-bond acceptors (Lipinski definition) is 8. The van der Waals surface area contributed by atoms with E-state index in [4.69, 9.17) is 14.2 Å². The van der Waals surface area contributed by atoms with Gasteiger partial charge in [0.2, 0.25) is 0 Å². The first-order chi connectivity index (χ1) is 18.6. The summed E-state index contributed by atoms with van der Waals surface area (Å²) in [6, 6.07) is 23.1. The molecule has 3 aromatic carbocycles. The highest BCUT2D eigenvalue weighted by atomic mass is 32.2. The van der Waals surface area contributed by atoms with Crippen molar-refractivity contribution in [3.05, 3.63) is 83.9 Å². The Balaban J connectivity index is 1.32. The monoisotopic (exact) mass is 531 g/mol. The normalized spacial score (nSPS) is 10.9. The molecule has 1 N–H and O–H groups in total. The number of thioether (sulfide) groups is 1. The Morgan fingerprint density at radius 3 is 2.58 bits per heavy atom. The van der Waals surface area contributed by atoms with E-state index in [1.54, 1.807) is 20.4 Å². The quantitative estimate of drug-likeness (QED) is 0.159. The summed E-state index contributed by atoms with van der Waals surface area (Å²) in [5, 5.41) is 13.3. The minimum Gasteiger partial charge on any atom is -0.493 e. The third kappa shape index (κ3) is 6.92. The number of carbonyl (C=O) groups is 1. The van der Waals surface area contributed by atoms with E-state index in [1.807, 2.05) is 84.3 Å². The Bertz CT molecular complexity index is 1390. The summed E-state index contributed by atoms with van der Waals surface area (Å²) in [6.07, 6.45) is 1.58. The van der Waals surface area contributed by atoms with E-state index >= 15 is 0 Å². The summed E-state index contributed by atoms with van der Waals surface area (Å²) in [7, 11) is 3.18. The highest BCUT2D eigenvalue weighted by Gasteiger charge is 2.16. The topological polar surface area (TPSA) is 99.9 Å². The van der Waals surface area contributed by atoms with Crippen LogP contribution >= 0.6 is 11.8 Å². The van der Waals surface area contributed by atoms with Gasteiger partial charge in [0.1, 0.15) is 12.4 Å². The third-order valence-electron chi connectivity index (χ3n) is 5.52. The zero-order chi connectivity index (χ0) is 26.7. The number of hydrazone groups is 1. The van der Waals surface area contributed by atoms with E-state index in [-0.39, 0.29) is 11.7 Å². The van der Waals surface area contributed by atoms with Crippen LogP contribution in [0.3, 0.4) is 0 Å². The fourth-order valence-electron chi connectivity index (χ4n) is 3.64. The Labute approximate surface area is 225 Å². The van der Waals surface area contributed by atoms with Crippen LogP contribution in [0.1, 0.15) is 18.1 Å². The van der Waals surface area contributed by atoms with Crippen LogP contribution in [0.5, 0.6) is 17.2 Å². The van der Waals surface area contributed by atoms with Crippen molar-refractivity contribution in [1.82, 2.24) is 20.2 Å². The van der Waals surface area contributed by atoms with E-state index in [0.717, 1.165) is 22.4 Å². The van der Waals surface area contributed by atoms with Gasteiger partial charge < -0.3 is 18.8 Å². The lowest BCUT2D eigenvalue weighted by atomic mass is 10.2. The maximum Gasteiger partial charge on any atom is 0.250 e. The molecule has 0 radical (unpaired) electrons. The molecule has 0 fully saturated rings. The molecule has 10 heteroatoms. The van der Waals surface area contributed by atoms with Crippen LogP contribution in [0.25, 0.3) is 11.4 Å². The minimum atomic E-state index is -0.249. The van der Waals surface area contributed by atoms with Crippen molar-refractivity contribution in [3.63, 3.8) is 0 Å². The summed E-state index contributed by atoms with van der Waals surface area (Å²) in [4.78, 5) is 12.4. The van der Waals surface area contributed by atoms with Gasteiger partial charge in [-0.3, -0.25) is 4.79 Å². The van der Waals surface area contributed by atoms with Gasteiger partial charge in [-0.15, -0.1) is 10.2 Å². The highest BCUT2D eigenvalue weighted by Crippen LogP contribution is 2.32. The Kier molecular flexibility index (Phi) is 9.36. The fourth-order valence-corrected chi connectivity index (χ4v) is 4.43. The molecule has 0 saturated carbocycles. The lowest BCUT2D eigenvalue weighted by molar-refractivity contribution is -0.118. The van der Waals surface area contributed by atoms with Crippen LogP contribution < -0.4 is 19.6 Å². The van der Waals surface area contributed by atoms with Crippen molar-refractivity contribution in [2.75, 3.05) is 20.0 Å². The first kappa shape index (κ1) is 26.7. The first-order valence-corrected chi connectivity index (χ1v) is 13.0. The van der Waals surface area contributed by atoms with E-state index in [0.29, 0.717) is 35.6 Å². The van der Waals surface area contributed by atoms with Crippen LogP contribution in [0.4, 0.5) is 0 Å². The van der Waals surface area contributed by atoms with Crippen molar-refractivity contribution < 1.29 is 19.0 Å². The molecule has 1 aromatic heterocycles. The molecule has 1 amide bonds. The number of carbonyl (C=O) groups excluding carboxylic acids is 1. The third-order valence-corrected chi connectivity index (χ3v) is 6.48. The fraction of sp³-hybridized carbons (Fsp3) is 0.214. The predicted molar refractivity (Wildman–Crippen MR) is 148 cm³/mol. The Morgan fingerprint density at radius 1 is 1.00 bits per heavy atom. The van der Waals surface area contributed by atoms with Crippen molar-refractivity contribution in [3.8, 4) is 28.6 Å². The minimum absolute atomic E-state index is 0.141. The van der Waals surface area contributed by atoms with E-state index in [2.05, 4.69) is 20.7 Å². The summed E-state index contributed by atoms with van der Waals surface area (Å²) in [6.45, 7) is 3.12. The van der Waals surface area contributed by atoms with Crippen molar-refractivity contribution >= 4 is 23.9 Å². The summed E-state index contributed by atoms with van der Waals surface area (Å²) in [5.41, 5.74) is 5.31. The molecule has 0 aliphatic carbocycles. The maximum absolute atomic E-state index is 12.4. The molecule has 9 nitrogen and oxygen atoms in total. The van der Waals surface area contributed by atoms with Crippen molar-refractivity contribution in [2.45, 2.75) is 25.2 Å². The Hall–Kier alpha value is -4.31. The lowest BCUT2D eigenvalue weighted by Crippen LogP contribution is -2.20. The maximum atomic E-state index is 12.4. The largest absolute Gasteiger partial charge is 0.493 e. The van der Waals surface area contributed by atoms with Crippen LogP contribution in [0.15, 0.2) is 83.1 Å². The second-order valence-corrected chi connectivity index (χ2v) is 8.99. The van der Waals surface area contributed by atoms with Crippen LogP contribution in [0, 0.1) is 0 Å². The van der Waals surface area contributed by atoms with Crippen molar-refractivity contribution in [2.24, 2.45) is 5.10 Å². The molecular formula is C28H29N5O4S. The van der Waals surface area contributed by atoms with Crippen LogP contribution in [-0.2, 0) is 17.9 Å². The Morgan fingerprint density at radius 2 is 1.82 bits per heavy atom. The molecule has 0 bridgehead atoms. The molecular weight excluding hydrogens is 502 g/mol. The van der Waals surface area contributed by atoms with Gasteiger partial charge in [0, 0.05) is 12.1 Å². The van der Waals surface area contributed by atoms with Gasteiger partial charge in [-0.05, 0) is 48.4 Å². The number of nitrogens with one attached hydrogen (secondary N) is 1. The highest BCUT2D eigenvalue weighted by molar-refractivity contribution is 7.99. The molecule has 0 aliphatic rings. The average Bonchev–Trinajstić information content (AvgIpc) is 3.38. The molecule has 0 aliphatic heterocycles. The molecule has 0 atom stereocenters. The van der Waals surface area contributed by atoms with Gasteiger partial charge in [-0.25, -0.2) is 5.43 Å². The summed E-state index contributed by atoms with van der Waals surface area (Å²) >= 11 is 1.29. The number of aromatic nitrogens is 3. The van der Waals surface area contributed by atoms with Crippen molar-refractivity contribution in [1.29, 1.82) is 0 Å². The van der Waals surface area contributed by atoms with Gasteiger partial charge >= 0.3 is 0 Å². The lowest BCUT2D eigenvalue weighted by Gasteiger charge is -2.10. The van der Waals surface area contributed by atoms with Gasteiger partial charge in [-0.1, -0.05) is 54.2 Å². The number of hydrogen-bond donors (Lipinski definition) is 1. The molecule has 4 aromatic rings. The van der Waals surface area contributed by atoms with E-state index < -0.39 is 0 Å². The zero-order valence-electron chi connectivity index (χ0n) is 21.5. The molecule has 0 saturated heterocycles. The van der Waals surface area contributed by atoms with Crippen LogP contribution in [0.2, 0.25) is 0 Å². The second-order valence-electron chi connectivity index (χ2n) is 8.05. The van der Waals surface area contributed by atoms with Gasteiger partial charge in [0.05, 0.1) is 26.2 Å². The second kappa shape index (κ2) is 13.3. The number of amides is 1. The zero-order valence-corrected chi connectivity index (χ0v) is 22.3. The first-order valence-electron chi connectivity index (χ1n) is 12.0. The number of methoxy groups -OCH3 is 2. The van der Waals surface area contributed by atoms with Gasteiger partial charge in [-0.2, -0.15) is 5.10 Å². The summed E-state index contributed by atoms with van der Waals surface area (Å²) < 4.78 is 18.5. The summed E-state index contributed by atoms with van der Waals surface area (Å²) in [5.74, 6) is 2.54. The molecule has 0 unspecified atom stereocenters. The molecule has 196 valence electrons. The number of nitrogens with zero attached hydrogens (tertiary/aromatic N) is 4. The smallest absolute Gasteiger partial charge is 0.250 e. The molecule has 0 spiro atoms. The predicted octanol–water partition coefficient (Wildman–Crippen LogP) is 4.80. The van der Waals surface area contributed by atoms with Gasteiger partial charge in [0.15, 0.2) is 22.5 Å². The number of rotatable bonds is 12. The average molecular weight is 532 g/mol. The molecule has 38 heavy (non-hydrogen) atoms. The molecule has 1 heterocycles. The SMILES string of the molecule is CCn1c(SCC(=O)N/N=C/c2cccc(OCc3ccccc3)c2)nnc1-c1ccc(OC)c(OC)c1. The van der Waals surface area contributed by atoms with Gasteiger partial charge in [0.25, 0.3) is 5.91 Å². The van der Waals surface area contributed by atoms with Crippen LogP contribution in [-0.4, -0.2) is 46.9 Å². The molecule has 4 rings (SSSR count).